The number of hydrogen-bond donors (Lipinski definition) is 1. The molecule has 2 bridgehead atoms. The lowest BCUT2D eigenvalue weighted by molar-refractivity contribution is 0.110. The first-order valence-corrected chi connectivity index (χ1v) is 15.8. The minimum Gasteiger partial charge on any atom is -0.475 e. The van der Waals surface area contributed by atoms with E-state index in [-0.39, 0.29) is 17.9 Å². The van der Waals surface area contributed by atoms with Gasteiger partial charge in [0.25, 0.3) is 0 Å². The van der Waals surface area contributed by atoms with E-state index in [1.807, 2.05) is 12.1 Å². The first-order chi connectivity index (χ1) is 20.5. The number of nitrogens with one attached hydrogen (secondary N) is 1. The SMILES string of the molecule is Cl.N#Cc1c(OCC23CCCN2C[C@H](F)C3)nc(N2CC3CCC(C2)N3)c2c1CN(c1cccc3cccc(Cl)c13)CC2. The van der Waals surface area contributed by atoms with Crippen LogP contribution in [0.15, 0.2) is 36.4 Å². The Balaban J connectivity index is 0.00000300. The summed E-state index contributed by atoms with van der Waals surface area (Å²) in [5.74, 6) is 1.36. The Hall–Kier alpha value is -2.83. The zero-order valence-corrected chi connectivity index (χ0v) is 25.8. The molecule has 1 N–H and O–H groups in total. The van der Waals surface area contributed by atoms with Gasteiger partial charge >= 0.3 is 0 Å². The molecule has 8 rings (SSSR count). The zero-order valence-electron chi connectivity index (χ0n) is 24.2. The Kier molecular flexibility index (Phi) is 7.58. The molecule has 2 aromatic carbocycles. The van der Waals surface area contributed by atoms with Crippen LogP contribution in [0.2, 0.25) is 5.02 Å². The van der Waals surface area contributed by atoms with Crippen molar-refractivity contribution < 1.29 is 9.13 Å². The van der Waals surface area contributed by atoms with Gasteiger partial charge in [-0.2, -0.15) is 10.2 Å². The van der Waals surface area contributed by atoms with Crippen LogP contribution in [0.5, 0.6) is 5.88 Å². The van der Waals surface area contributed by atoms with Gasteiger partial charge in [-0.3, -0.25) is 4.90 Å². The Labute approximate surface area is 263 Å². The van der Waals surface area contributed by atoms with Crippen LogP contribution in [-0.2, 0) is 13.0 Å². The molecule has 7 nitrogen and oxygen atoms in total. The fraction of sp³-hybridized carbons (Fsp3) is 0.515. The van der Waals surface area contributed by atoms with Crippen LogP contribution in [0.25, 0.3) is 10.8 Å². The van der Waals surface area contributed by atoms with E-state index in [0.717, 1.165) is 83.9 Å². The molecule has 226 valence electrons. The van der Waals surface area contributed by atoms with Gasteiger partial charge < -0.3 is 19.9 Å². The maximum absolute atomic E-state index is 14.5. The molecule has 0 aliphatic carbocycles. The molecule has 3 unspecified atom stereocenters. The Morgan fingerprint density at radius 3 is 2.65 bits per heavy atom. The highest BCUT2D eigenvalue weighted by Crippen LogP contribution is 2.43. The van der Waals surface area contributed by atoms with E-state index in [2.05, 4.69) is 50.4 Å². The minimum atomic E-state index is -0.825. The molecule has 0 radical (unpaired) electrons. The van der Waals surface area contributed by atoms with E-state index in [0.29, 0.717) is 49.6 Å². The van der Waals surface area contributed by atoms with Gasteiger partial charge in [0.2, 0.25) is 5.88 Å². The number of benzene rings is 2. The molecule has 5 aliphatic rings. The molecule has 0 spiro atoms. The van der Waals surface area contributed by atoms with Crippen LogP contribution in [0.1, 0.15) is 48.8 Å². The average Bonchev–Trinajstić information content (AvgIpc) is 3.65. The van der Waals surface area contributed by atoms with Crippen LogP contribution in [0, 0.1) is 11.3 Å². The second-order valence-corrected chi connectivity index (χ2v) is 13.3. The third-order valence-electron chi connectivity index (χ3n) is 10.4. The monoisotopic (exact) mass is 622 g/mol. The topological polar surface area (TPSA) is 67.7 Å². The molecule has 4 atom stereocenters. The quantitative estimate of drug-likeness (QED) is 0.395. The van der Waals surface area contributed by atoms with Crippen molar-refractivity contribution >= 4 is 46.3 Å². The molecule has 5 aliphatic heterocycles. The van der Waals surface area contributed by atoms with E-state index in [1.165, 1.54) is 12.8 Å². The molecule has 0 amide bonds. The number of nitriles is 1. The largest absolute Gasteiger partial charge is 0.475 e. The predicted octanol–water partition coefficient (Wildman–Crippen LogP) is 5.64. The lowest BCUT2D eigenvalue weighted by Crippen LogP contribution is -2.52. The Bertz CT molecular complexity index is 1580. The fourth-order valence-electron chi connectivity index (χ4n) is 8.44. The van der Waals surface area contributed by atoms with Crippen molar-refractivity contribution in [2.75, 3.05) is 49.1 Å². The van der Waals surface area contributed by atoms with Crippen LogP contribution in [0.4, 0.5) is 15.9 Å². The molecular weight excluding hydrogens is 586 g/mol. The summed E-state index contributed by atoms with van der Waals surface area (Å²) in [6.45, 7) is 4.95. The van der Waals surface area contributed by atoms with Crippen molar-refractivity contribution in [1.82, 2.24) is 15.2 Å². The standard InChI is InChI=1S/C33H36ClFN6O.ClH/c34-28-6-1-4-21-5-2-7-29(30(21)28)39-13-10-25-27(19-39)26(15-36)32(38-31(25)40-17-23-8-9-24(18-40)37-23)42-20-33-11-3-12-41(33)16-22(35)14-33;/h1-2,4-7,22-24,37H,3,8-14,16-20H2;1H/t22-,23?,24?,33?;/m1./s1. The van der Waals surface area contributed by atoms with Crippen molar-refractivity contribution in [2.45, 2.75) is 68.9 Å². The number of ether oxygens (including phenoxy) is 1. The van der Waals surface area contributed by atoms with Crippen LogP contribution in [0.3, 0.4) is 0 Å². The molecule has 0 saturated carbocycles. The number of pyridine rings is 1. The van der Waals surface area contributed by atoms with Crippen molar-refractivity contribution in [2.24, 2.45) is 0 Å². The third kappa shape index (κ3) is 4.89. The molecule has 6 heterocycles. The van der Waals surface area contributed by atoms with Gasteiger partial charge in [0.15, 0.2) is 0 Å². The van der Waals surface area contributed by atoms with Gasteiger partial charge in [0, 0.05) is 73.4 Å². The summed E-state index contributed by atoms with van der Waals surface area (Å²) in [4.78, 5) is 12.1. The highest BCUT2D eigenvalue weighted by molar-refractivity contribution is 6.36. The summed E-state index contributed by atoms with van der Waals surface area (Å²) in [5, 5.41) is 17.2. The first-order valence-electron chi connectivity index (χ1n) is 15.4. The Morgan fingerprint density at radius 2 is 1.86 bits per heavy atom. The number of aromatic nitrogens is 1. The van der Waals surface area contributed by atoms with Crippen molar-refractivity contribution in [3.8, 4) is 11.9 Å². The molecule has 1 aromatic heterocycles. The van der Waals surface area contributed by atoms with E-state index in [4.69, 9.17) is 21.3 Å². The molecular formula is C33H37Cl2FN6O. The summed E-state index contributed by atoms with van der Waals surface area (Å²) >= 11 is 6.73. The molecule has 43 heavy (non-hydrogen) atoms. The molecule has 3 aromatic rings. The molecule has 10 heteroatoms. The highest BCUT2D eigenvalue weighted by Gasteiger charge is 2.49. The summed E-state index contributed by atoms with van der Waals surface area (Å²) in [6, 6.07) is 15.7. The lowest BCUT2D eigenvalue weighted by Gasteiger charge is -2.39. The van der Waals surface area contributed by atoms with E-state index in [9.17, 15) is 9.65 Å². The zero-order chi connectivity index (χ0) is 28.4. The smallest absolute Gasteiger partial charge is 0.234 e. The number of piperazine rings is 1. The van der Waals surface area contributed by atoms with Gasteiger partial charge in [-0.25, -0.2) is 4.39 Å². The van der Waals surface area contributed by atoms with Crippen LogP contribution < -0.4 is 19.9 Å². The summed E-state index contributed by atoms with van der Waals surface area (Å²) < 4.78 is 21.1. The maximum Gasteiger partial charge on any atom is 0.234 e. The highest BCUT2D eigenvalue weighted by atomic mass is 35.5. The summed E-state index contributed by atoms with van der Waals surface area (Å²) in [7, 11) is 0. The number of halogens is 3. The average molecular weight is 624 g/mol. The maximum atomic E-state index is 14.5. The summed E-state index contributed by atoms with van der Waals surface area (Å²) in [5.41, 5.74) is 3.44. The Morgan fingerprint density at radius 1 is 1.07 bits per heavy atom. The van der Waals surface area contributed by atoms with Gasteiger partial charge in [-0.15, -0.1) is 12.4 Å². The summed E-state index contributed by atoms with van der Waals surface area (Å²) in [6.07, 6.45) is 4.79. The third-order valence-corrected chi connectivity index (χ3v) is 10.7. The van der Waals surface area contributed by atoms with Crippen LogP contribution >= 0.6 is 24.0 Å². The number of anilines is 2. The van der Waals surface area contributed by atoms with Crippen LogP contribution in [-0.4, -0.2) is 73.0 Å². The number of rotatable bonds is 5. The fourth-order valence-corrected chi connectivity index (χ4v) is 8.71. The lowest BCUT2D eigenvalue weighted by atomic mass is 9.93. The normalized spacial score (nSPS) is 28.0. The number of alkyl halides is 1. The van der Waals surface area contributed by atoms with Gasteiger partial charge in [0.1, 0.15) is 30.2 Å². The molecule has 4 saturated heterocycles. The van der Waals surface area contributed by atoms with Gasteiger partial charge in [0.05, 0.1) is 10.6 Å². The minimum absolute atomic E-state index is 0. The number of fused-ring (bicyclic) bond motifs is 5. The predicted molar refractivity (Wildman–Crippen MR) is 171 cm³/mol. The van der Waals surface area contributed by atoms with Crippen molar-refractivity contribution in [3.63, 3.8) is 0 Å². The first kappa shape index (κ1) is 28.9. The van der Waals surface area contributed by atoms with E-state index in [1.54, 1.807) is 0 Å². The molecule has 4 fully saturated rings. The van der Waals surface area contributed by atoms with Gasteiger partial charge in [-0.05, 0) is 56.2 Å². The second-order valence-electron chi connectivity index (χ2n) is 12.9. The second kappa shape index (κ2) is 11.3. The van der Waals surface area contributed by atoms with E-state index >= 15 is 0 Å². The van der Waals surface area contributed by atoms with Crippen molar-refractivity contribution in [1.29, 1.82) is 5.26 Å². The number of hydrogen-bond acceptors (Lipinski definition) is 7. The number of nitrogens with zero attached hydrogens (tertiary/aromatic N) is 5. The van der Waals surface area contributed by atoms with E-state index < -0.39 is 6.17 Å². The van der Waals surface area contributed by atoms with Gasteiger partial charge in [-0.1, -0.05) is 35.9 Å². The van der Waals surface area contributed by atoms with Crippen molar-refractivity contribution in [3.05, 3.63) is 58.1 Å².